The van der Waals surface area contributed by atoms with Crippen LogP contribution in [0, 0.1) is 0 Å². The van der Waals surface area contributed by atoms with Crippen LogP contribution in [-0.2, 0) is 26.0 Å². The number of hydrogen-bond acceptors (Lipinski definition) is 7. The molecule has 1 aromatic rings. The van der Waals surface area contributed by atoms with Gasteiger partial charge < -0.3 is 20.7 Å². The van der Waals surface area contributed by atoms with E-state index in [2.05, 4.69) is 25.7 Å². The van der Waals surface area contributed by atoms with Crippen LogP contribution in [0.5, 0.6) is 0 Å². The lowest BCUT2D eigenvalue weighted by Gasteiger charge is -2.16. The summed E-state index contributed by atoms with van der Waals surface area (Å²) in [6, 6.07) is 6.43. The van der Waals surface area contributed by atoms with Crippen molar-refractivity contribution >= 4 is 28.1 Å². The number of benzene rings is 1. The first-order valence-corrected chi connectivity index (χ1v) is 12.5. The van der Waals surface area contributed by atoms with Crippen molar-refractivity contribution in [1.29, 1.82) is 0 Å². The number of amides is 1. The van der Waals surface area contributed by atoms with Gasteiger partial charge >= 0.3 is 0 Å². The van der Waals surface area contributed by atoms with E-state index < -0.39 is 22.1 Å². The second-order valence-corrected chi connectivity index (χ2v) is 9.60. The number of carbonyl (C=O) groups excluding carboxylic acids is 2. The predicted molar refractivity (Wildman–Crippen MR) is 122 cm³/mol. The van der Waals surface area contributed by atoms with Crippen molar-refractivity contribution in [3.63, 3.8) is 0 Å². The highest BCUT2D eigenvalue weighted by Gasteiger charge is 2.17. The maximum Gasteiger partial charge on any atom is 0.222 e. The molecule has 2 atom stereocenters. The highest BCUT2D eigenvalue weighted by molar-refractivity contribution is 7.88. The van der Waals surface area contributed by atoms with Crippen LogP contribution in [-0.4, -0.2) is 71.0 Å². The lowest BCUT2D eigenvalue weighted by atomic mass is 10.0. The third-order valence-electron chi connectivity index (χ3n) is 4.73. The zero-order valence-corrected chi connectivity index (χ0v) is 19.0. The number of amidine groups is 1. The van der Waals surface area contributed by atoms with Gasteiger partial charge in [0.1, 0.15) is 12.1 Å². The molecule has 9 nitrogen and oxygen atoms in total. The Morgan fingerprint density at radius 3 is 2.35 bits per heavy atom. The summed E-state index contributed by atoms with van der Waals surface area (Å²) >= 11 is 0. The first kappa shape index (κ1) is 25.0. The van der Waals surface area contributed by atoms with E-state index in [4.69, 9.17) is 0 Å². The Morgan fingerprint density at radius 2 is 1.87 bits per heavy atom. The monoisotopic (exact) mass is 451 g/mol. The van der Waals surface area contributed by atoms with Crippen LogP contribution in [0.4, 0.5) is 0 Å². The van der Waals surface area contributed by atoms with Crippen molar-refractivity contribution in [2.45, 2.75) is 44.7 Å². The molecule has 2 heterocycles. The van der Waals surface area contributed by atoms with Crippen LogP contribution < -0.4 is 20.7 Å². The molecule has 3 rings (SSSR count). The van der Waals surface area contributed by atoms with Gasteiger partial charge in [-0.15, -0.1) is 0 Å². The maximum atomic E-state index is 12.0. The van der Waals surface area contributed by atoms with Crippen molar-refractivity contribution in [2.24, 2.45) is 4.99 Å². The van der Waals surface area contributed by atoms with Crippen LogP contribution in [0.15, 0.2) is 29.3 Å². The number of carbonyl (C=O) groups is 2. The Hall–Kier alpha value is -2.30. The smallest absolute Gasteiger partial charge is 0.222 e. The van der Waals surface area contributed by atoms with Gasteiger partial charge in [-0.05, 0) is 44.8 Å². The summed E-state index contributed by atoms with van der Waals surface area (Å²) in [7, 11) is -3.38. The average Bonchev–Trinajstić information content (AvgIpc) is 3.43. The third kappa shape index (κ3) is 10.0. The van der Waals surface area contributed by atoms with E-state index in [-0.39, 0.29) is 12.3 Å². The standard InChI is InChI=1S/C17H24N4O4S.C4H9N/c1-12(21-26(2,24)25)9-16(23)20-15(11-22)10-13-3-5-14(6-4-13)17-18-7-8-19-17;1-2-4-5-3-1/h3-6,11-12,15,21H,7-10H2,1-2H3,(H,18,19)(H,20,23);5H,1-4H2. The van der Waals surface area contributed by atoms with Gasteiger partial charge in [-0.3, -0.25) is 9.79 Å². The molecule has 1 amide bonds. The number of nitrogens with zero attached hydrogens (tertiary/aromatic N) is 1. The van der Waals surface area contributed by atoms with Gasteiger partial charge in [0.2, 0.25) is 15.9 Å². The largest absolute Gasteiger partial charge is 0.368 e. The molecule has 0 spiro atoms. The van der Waals surface area contributed by atoms with Gasteiger partial charge in [-0.25, -0.2) is 13.1 Å². The lowest BCUT2D eigenvalue weighted by Crippen LogP contribution is -2.41. The second-order valence-electron chi connectivity index (χ2n) is 7.82. The molecule has 4 N–H and O–H groups in total. The molecular formula is C21H33N5O4S. The number of nitrogens with one attached hydrogen (secondary N) is 4. The number of hydrogen-bond donors (Lipinski definition) is 4. The SMILES string of the molecule is C1CCNC1.CC(CC(=O)NC(C=O)Cc1ccc(C2=NCCN2)cc1)NS(C)(=O)=O. The minimum atomic E-state index is -3.38. The summed E-state index contributed by atoms with van der Waals surface area (Å²) in [5, 5.41) is 9.04. The van der Waals surface area contributed by atoms with Crippen LogP contribution in [0.1, 0.15) is 37.3 Å². The number of sulfonamides is 1. The molecule has 172 valence electrons. The highest BCUT2D eigenvalue weighted by atomic mass is 32.2. The third-order valence-corrected chi connectivity index (χ3v) is 5.56. The van der Waals surface area contributed by atoms with Gasteiger partial charge in [0, 0.05) is 24.6 Å². The molecule has 2 unspecified atom stereocenters. The molecule has 0 radical (unpaired) electrons. The summed E-state index contributed by atoms with van der Waals surface area (Å²) in [6.07, 6.45) is 4.82. The van der Waals surface area contributed by atoms with Crippen LogP contribution in [0.3, 0.4) is 0 Å². The molecule has 2 aliphatic heterocycles. The molecule has 1 saturated heterocycles. The molecule has 0 aliphatic carbocycles. The number of aliphatic imine (C=N–C) groups is 1. The van der Waals surface area contributed by atoms with Gasteiger partial charge in [-0.1, -0.05) is 24.3 Å². The molecule has 10 heteroatoms. The van der Waals surface area contributed by atoms with Crippen molar-refractivity contribution in [3.8, 4) is 0 Å². The van der Waals surface area contributed by atoms with Crippen molar-refractivity contribution in [3.05, 3.63) is 35.4 Å². The average molecular weight is 452 g/mol. The van der Waals surface area contributed by atoms with Gasteiger partial charge in [0.15, 0.2) is 0 Å². The lowest BCUT2D eigenvalue weighted by molar-refractivity contribution is -0.124. The van der Waals surface area contributed by atoms with Crippen LogP contribution in [0.25, 0.3) is 0 Å². The normalized spacial score (nSPS) is 17.5. The van der Waals surface area contributed by atoms with Crippen LogP contribution in [0.2, 0.25) is 0 Å². The van der Waals surface area contributed by atoms with E-state index in [9.17, 15) is 18.0 Å². The fraction of sp³-hybridized carbons (Fsp3) is 0.571. The Morgan fingerprint density at radius 1 is 1.19 bits per heavy atom. The van der Waals surface area contributed by atoms with Crippen molar-refractivity contribution in [2.75, 3.05) is 32.4 Å². The minimum absolute atomic E-state index is 0.0398. The molecule has 1 fully saturated rings. The first-order chi connectivity index (χ1) is 14.8. The molecule has 0 bridgehead atoms. The second kappa shape index (κ2) is 12.5. The Labute approximate surface area is 184 Å². The van der Waals surface area contributed by atoms with E-state index >= 15 is 0 Å². The molecule has 0 saturated carbocycles. The topological polar surface area (TPSA) is 129 Å². The molecule has 2 aliphatic rings. The summed E-state index contributed by atoms with van der Waals surface area (Å²) < 4.78 is 24.6. The summed E-state index contributed by atoms with van der Waals surface area (Å²) in [5.41, 5.74) is 1.89. The number of rotatable bonds is 9. The van der Waals surface area contributed by atoms with E-state index in [0.717, 1.165) is 36.3 Å². The van der Waals surface area contributed by atoms with E-state index in [1.54, 1.807) is 6.92 Å². The molecule has 31 heavy (non-hydrogen) atoms. The van der Waals surface area contributed by atoms with Crippen molar-refractivity contribution in [1.82, 2.24) is 20.7 Å². The van der Waals surface area contributed by atoms with E-state index in [0.29, 0.717) is 12.7 Å². The molecule has 1 aromatic carbocycles. The van der Waals surface area contributed by atoms with Gasteiger partial charge in [-0.2, -0.15) is 0 Å². The Balaban J connectivity index is 0.000000597. The number of aldehydes is 1. The summed E-state index contributed by atoms with van der Waals surface area (Å²) in [5.74, 6) is 0.482. The predicted octanol–water partition coefficient (Wildman–Crippen LogP) is -0.0398. The zero-order chi connectivity index (χ0) is 22.7. The van der Waals surface area contributed by atoms with Crippen LogP contribution >= 0.6 is 0 Å². The Bertz CT molecular complexity index is 843. The maximum absolute atomic E-state index is 12.0. The van der Waals surface area contributed by atoms with Crippen molar-refractivity contribution < 1.29 is 18.0 Å². The first-order valence-electron chi connectivity index (χ1n) is 10.6. The quantitative estimate of drug-likeness (QED) is 0.390. The molecular weight excluding hydrogens is 418 g/mol. The van der Waals surface area contributed by atoms with E-state index in [1.165, 1.54) is 25.9 Å². The minimum Gasteiger partial charge on any atom is -0.368 e. The zero-order valence-electron chi connectivity index (χ0n) is 18.2. The fourth-order valence-electron chi connectivity index (χ4n) is 3.35. The highest BCUT2D eigenvalue weighted by Crippen LogP contribution is 2.09. The molecule has 0 aromatic heterocycles. The fourth-order valence-corrected chi connectivity index (χ4v) is 4.17. The summed E-state index contributed by atoms with van der Waals surface area (Å²) in [4.78, 5) is 27.6. The van der Waals surface area contributed by atoms with E-state index in [1.807, 2.05) is 24.3 Å². The Kier molecular flexibility index (Phi) is 10.1. The summed E-state index contributed by atoms with van der Waals surface area (Å²) in [6.45, 7) is 5.70. The van der Waals surface area contributed by atoms with Gasteiger partial charge in [0.25, 0.3) is 0 Å². The van der Waals surface area contributed by atoms with Gasteiger partial charge in [0.05, 0.1) is 18.8 Å².